The highest BCUT2D eigenvalue weighted by atomic mass is 16.5. The molecule has 1 fully saturated rings. The number of benzene rings is 2. The molecule has 0 bridgehead atoms. The maximum atomic E-state index is 9.50. The van der Waals surface area contributed by atoms with Gasteiger partial charge in [-0.15, -0.1) is 0 Å². The molecule has 0 amide bonds. The van der Waals surface area contributed by atoms with Crippen molar-refractivity contribution >= 4 is 0 Å². The van der Waals surface area contributed by atoms with Crippen LogP contribution in [0.1, 0.15) is 11.1 Å². The van der Waals surface area contributed by atoms with Crippen molar-refractivity contribution in [3.8, 4) is 0 Å². The molecule has 0 radical (unpaired) electrons. The SMILES string of the molecule is OC[C@@H]1CN(Cc2ccccc2)C[C@@H](COCc2ccccc2)O1. The van der Waals surface area contributed by atoms with Crippen LogP contribution < -0.4 is 0 Å². The predicted molar refractivity (Wildman–Crippen MR) is 93.6 cm³/mol. The lowest BCUT2D eigenvalue weighted by Gasteiger charge is -2.37. The van der Waals surface area contributed by atoms with E-state index in [0.717, 1.165) is 25.2 Å². The van der Waals surface area contributed by atoms with E-state index in [1.165, 1.54) is 5.56 Å². The van der Waals surface area contributed by atoms with E-state index in [9.17, 15) is 5.11 Å². The Morgan fingerprint density at radius 1 is 0.917 bits per heavy atom. The minimum absolute atomic E-state index is 0.0108. The lowest BCUT2D eigenvalue weighted by atomic mass is 10.1. The van der Waals surface area contributed by atoms with Crippen molar-refractivity contribution in [3.63, 3.8) is 0 Å². The number of ether oxygens (including phenoxy) is 2. The van der Waals surface area contributed by atoms with Gasteiger partial charge in [-0.3, -0.25) is 4.90 Å². The van der Waals surface area contributed by atoms with Crippen molar-refractivity contribution in [2.75, 3.05) is 26.3 Å². The third-order valence-corrected chi connectivity index (χ3v) is 4.18. The minimum Gasteiger partial charge on any atom is -0.394 e. The summed E-state index contributed by atoms with van der Waals surface area (Å²) < 4.78 is 11.7. The quantitative estimate of drug-likeness (QED) is 0.848. The van der Waals surface area contributed by atoms with Gasteiger partial charge in [0.05, 0.1) is 32.0 Å². The molecule has 0 aliphatic carbocycles. The summed E-state index contributed by atoms with van der Waals surface area (Å²) in [6, 6.07) is 20.5. The third-order valence-electron chi connectivity index (χ3n) is 4.18. The molecule has 2 atom stereocenters. The number of rotatable bonds is 7. The number of aliphatic hydroxyl groups excluding tert-OH is 1. The molecule has 0 spiro atoms. The topological polar surface area (TPSA) is 41.9 Å². The Bertz CT molecular complexity index is 590. The Kier molecular flexibility index (Phi) is 6.38. The molecule has 2 aromatic rings. The monoisotopic (exact) mass is 327 g/mol. The van der Waals surface area contributed by atoms with Crippen molar-refractivity contribution < 1.29 is 14.6 Å². The van der Waals surface area contributed by atoms with Gasteiger partial charge in [0, 0.05) is 19.6 Å². The molecule has 24 heavy (non-hydrogen) atoms. The van der Waals surface area contributed by atoms with Gasteiger partial charge in [-0.2, -0.15) is 0 Å². The van der Waals surface area contributed by atoms with Gasteiger partial charge in [-0.1, -0.05) is 60.7 Å². The fraction of sp³-hybridized carbons (Fsp3) is 0.400. The minimum atomic E-state index is -0.146. The molecule has 1 N–H and O–H groups in total. The van der Waals surface area contributed by atoms with Crippen molar-refractivity contribution in [2.45, 2.75) is 25.4 Å². The molecule has 0 saturated carbocycles. The van der Waals surface area contributed by atoms with Crippen LogP contribution in [0.4, 0.5) is 0 Å². The van der Waals surface area contributed by atoms with Crippen molar-refractivity contribution in [2.24, 2.45) is 0 Å². The Balaban J connectivity index is 1.51. The van der Waals surface area contributed by atoms with Gasteiger partial charge in [-0.25, -0.2) is 0 Å². The number of aliphatic hydroxyl groups is 1. The van der Waals surface area contributed by atoms with Crippen LogP contribution in [0.2, 0.25) is 0 Å². The van der Waals surface area contributed by atoms with Gasteiger partial charge >= 0.3 is 0 Å². The Hall–Kier alpha value is -1.72. The zero-order chi connectivity index (χ0) is 16.6. The van der Waals surface area contributed by atoms with E-state index >= 15 is 0 Å². The summed E-state index contributed by atoms with van der Waals surface area (Å²) in [5.41, 5.74) is 2.44. The number of hydrogen-bond acceptors (Lipinski definition) is 4. The van der Waals surface area contributed by atoms with E-state index in [2.05, 4.69) is 41.3 Å². The van der Waals surface area contributed by atoms with Gasteiger partial charge in [-0.05, 0) is 11.1 Å². The molecule has 1 saturated heterocycles. The van der Waals surface area contributed by atoms with Crippen LogP contribution in [0.5, 0.6) is 0 Å². The normalized spacial score (nSPS) is 21.7. The number of hydrogen-bond donors (Lipinski definition) is 1. The second kappa shape index (κ2) is 8.94. The first-order valence-electron chi connectivity index (χ1n) is 8.48. The lowest BCUT2D eigenvalue weighted by molar-refractivity contribution is -0.130. The van der Waals surface area contributed by atoms with Crippen LogP contribution in [-0.2, 0) is 22.6 Å². The standard InChI is InChI=1S/C20H25NO3/c22-14-19-12-21(11-17-7-3-1-4-8-17)13-20(24-19)16-23-15-18-9-5-2-6-10-18/h1-10,19-20,22H,11-16H2/t19-,20-/m0/s1. The zero-order valence-corrected chi connectivity index (χ0v) is 13.9. The number of nitrogens with zero attached hydrogens (tertiary/aromatic N) is 1. The highest BCUT2D eigenvalue weighted by molar-refractivity contribution is 5.15. The van der Waals surface area contributed by atoms with E-state index in [1.54, 1.807) is 0 Å². The molecule has 2 aromatic carbocycles. The van der Waals surface area contributed by atoms with E-state index in [1.807, 2.05) is 24.3 Å². The van der Waals surface area contributed by atoms with Crippen LogP contribution in [0, 0.1) is 0 Å². The summed E-state index contributed by atoms with van der Waals surface area (Å²) in [6.07, 6.45) is -0.156. The van der Waals surface area contributed by atoms with Gasteiger partial charge in [0.1, 0.15) is 0 Å². The van der Waals surface area contributed by atoms with E-state index in [0.29, 0.717) is 13.2 Å². The smallest absolute Gasteiger partial charge is 0.0940 e. The third kappa shape index (κ3) is 5.14. The largest absolute Gasteiger partial charge is 0.394 e. The molecule has 0 aromatic heterocycles. The lowest BCUT2D eigenvalue weighted by Crippen LogP contribution is -2.50. The van der Waals surface area contributed by atoms with Crippen LogP contribution in [0.25, 0.3) is 0 Å². The Morgan fingerprint density at radius 3 is 2.21 bits per heavy atom. The molecule has 4 nitrogen and oxygen atoms in total. The van der Waals surface area contributed by atoms with Crippen molar-refractivity contribution in [1.29, 1.82) is 0 Å². The predicted octanol–water partition coefficient (Wildman–Crippen LogP) is 2.47. The molecule has 1 aliphatic heterocycles. The molecule has 128 valence electrons. The molecule has 3 rings (SSSR count). The maximum absolute atomic E-state index is 9.50. The molecule has 0 unspecified atom stereocenters. The molecule has 1 heterocycles. The first kappa shape index (κ1) is 17.1. The van der Waals surface area contributed by atoms with Crippen LogP contribution >= 0.6 is 0 Å². The van der Waals surface area contributed by atoms with E-state index < -0.39 is 0 Å². The van der Waals surface area contributed by atoms with Gasteiger partial charge < -0.3 is 14.6 Å². The average Bonchev–Trinajstić information content (AvgIpc) is 2.63. The highest BCUT2D eigenvalue weighted by Gasteiger charge is 2.27. The summed E-state index contributed by atoms with van der Waals surface area (Å²) >= 11 is 0. The molecule has 1 aliphatic rings. The van der Waals surface area contributed by atoms with Gasteiger partial charge in [0.2, 0.25) is 0 Å². The molecule has 4 heteroatoms. The molecular formula is C20H25NO3. The summed E-state index contributed by atoms with van der Waals surface area (Å²) in [7, 11) is 0. The van der Waals surface area contributed by atoms with Gasteiger partial charge in [0.15, 0.2) is 0 Å². The Morgan fingerprint density at radius 2 is 1.54 bits per heavy atom. The highest BCUT2D eigenvalue weighted by Crippen LogP contribution is 2.15. The first-order chi connectivity index (χ1) is 11.8. The fourth-order valence-electron chi connectivity index (χ4n) is 3.05. The maximum Gasteiger partial charge on any atom is 0.0940 e. The van der Waals surface area contributed by atoms with Crippen LogP contribution in [0.3, 0.4) is 0 Å². The van der Waals surface area contributed by atoms with Crippen LogP contribution in [-0.4, -0.2) is 48.5 Å². The van der Waals surface area contributed by atoms with Crippen LogP contribution in [0.15, 0.2) is 60.7 Å². The Labute approximate surface area is 143 Å². The summed E-state index contributed by atoms with van der Waals surface area (Å²) in [4.78, 5) is 2.33. The van der Waals surface area contributed by atoms with Gasteiger partial charge in [0.25, 0.3) is 0 Å². The summed E-state index contributed by atoms with van der Waals surface area (Å²) in [5.74, 6) is 0. The van der Waals surface area contributed by atoms with Crippen molar-refractivity contribution in [3.05, 3.63) is 71.8 Å². The second-order valence-corrected chi connectivity index (χ2v) is 6.24. The van der Waals surface area contributed by atoms with Crippen molar-refractivity contribution in [1.82, 2.24) is 4.90 Å². The zero-order valence-electron chi connectivity index (χ0n) is 13.9. The average molecular weight is 327 g/mol. The summed E-state index contributed by atoms with van der Waals surface area (Å²) in [6.45, 7) is 3.61. The first-order valence-corrected chi connectivity index (χ1v) is 8.48. The van der Waals surface area contributed by atoms with E-state index in [4.69, 9.17) is 9.47 Å². The fourth-order valence-corrected chi connectivity index (χ4v) is 3.05. The van der Waals surface area contributed by atoms with E-state index in [-0.39, 0.29) is 18.8 Å². The summed E-state index contributed by atoms with van der Waals surface area (Å²) in [5, 5.41) is 9.50. The number of morpholine rings is 1. The second-order valence-electron chi connectivity index (χ2n) is 6.24. The molecular weight excluding hydrogens is 302 g/mol.